The van der Waals surface area contributed by atoms with Gasteiger partial charge in [-0.2, -0.15) is 0 Å². The highest BCUT2D eigenvalue weighted by Crippen LogP contribution is 2.35. The second-order valence-corrected chi connectivity index (χ2v) is 6.62. The number of anilines is 1. The molecule has 0 atom stereocenters. The van der Waals surface area contributed by atoms with Gasteiger partial charge in [-0.15, -0.1) is 0 Å². The Labute approximate surface area is 177 Å². The van der Waals surface area contributed by atoms with E-state index in [-0.39, 0.29) is 28.4 Å². The maximum absolute atomic E-state index is 13.0. The van der Waals surface area contributed by atoms with Crippen molar-refractivity contribution in [3.05, 3.63) is 56.3 Å². The molecule has 1 aromatic heterocycles. The zero-order valence-corrected chi connectivity index (χ0v) is 17.0. The lowest BCUT2D eigenvalue weighted by atomic mass is 10.1. The number of nitrogens with zero attached hydrogens (tertiary/aromatic N) is 5. The zero-order chi connectivity index (χ0) is 22.5. The third-order valence-electron chi connectivity index (χ3n) is 4.84. The summed E-state index contributed by atoms with van der Waals surface area (Å²) in [5, 5.41) is 22.3. The lowest BCUT2D eigenvalue weighted by Gasteiger charge is -2.35. The van der Waals surface area contributed by atoms with Gasteiger partial charge < -0.3 is 19.3 Å². The molecule has 0 unspecified atom stereocenters. The molecule has 0 radical (unpaired) electrons. The number of benzene rings is 1. The average Bonchev–Trinajstić information content (AvgIpc) is 2.78. The number of carbonyl (C=O) groups excluding carboxylic acids is 1. The minimum Gasteiger partial charge on any atom is -0.493 e. The van der Waals surface area contributed by atoms with E-state index in [0.29, 0.717) is 38.6 Å². The Balaban J connectivity index is 1.77. The quantitative estimate of drug-likeness (QED) is 0.476. The number of methoxy groups -OCH3 is 1. The fourth-order valence-corrected chi connectivity index (χ4v) is 3.28. The van der Waals surface area contributed by atoms with Gasteiger partial charge in [0, 0.05) is 38.3 Å². The molecule has 1 fully saturated rings. The Morgan fingerprint density at radius 3 is 2.32 bits per heavy atom. The van der Waals surface area contributed by atoms with Crippen LogP contribution >= 0.6 is 0 Å². The van der Waals surface area contributed by atoms with Crippen molar-refractivity contribution in [1.29, 1.82) is 0 Å². The summed E-state index contributed by atoms with van der Waals surface area (Å²) in [6, 6.07) is 5.45. The first-order chi connectivity index (χ1) is 14.8. The van der Waals surface area contributed by atoms with Crippen LogP contribution in [0.1, 0.15) is 17.3 Å². The Morgan fingerprint density at radius 2 is 1.81 bits per heavy atom. The summed E-state index contributed by atoms with van der Waals surface area (Å²) < 4.78 is 10.6. The second-order valence-electron chi connectivity index (χ2n) is 6.62. The van der Waals surface area contributed by atoms with Crippen LogP contribution in [0.15, 0.2) is 30.5 Å². The van der Waals surface area contributed by atoms with Crippen molar-refractivity contribution in [2.24, 2.45) is 0 Å². The van der Waals surface area contributed by atoms with Crippen molar-refractivity contribution in [2.75, 3.05) is 44.8 Å². The molecule has 0 aliphatic carbocycles. The van der Waals surface area contributed by atoms with Gasteiger partial charge >= 0.3 is 0 Å². The van der Waals surface area contributed by atoms with Crippen molar-refractivity contribution in [2.45, 2.75) is 6.92 Å². The number of pyridine rings is 1. The lowest BCUT2D eigenvalue weighted by molar-refractivity contribution is -0.385. The minimum atomic E-state index is -0.619. The monoisotopic (exact) mass is 431 g/mol. The normalized spacial score (nSPS) is 13.6. The molecule has 31 heavy (non-hydrogen) atoms. The minimum absolute atomic E-state index is 0.0767. The van der Waals surface area contributed by atoms with E-state index in [9.17, 15) is 25.0 Å². The van der Waals surface area contributed by atoms with E-state index in [0.717, 1.165) is 0 Å². The van der Waals surface area contributed by atoms with Crippen LogP contribution in [0.2, 0.25) is 0 Å². The van der Waals surface area contributed by atoms with E-state index >= 15 is 0 Å². The van der Waals surface area contributed by atoms with Crippen LogP contribution in [0, 0.1) is 20.2 Å². The molecule has 12 heteroatoms. The predicted molar refractivity (Wildman–Crippen MR) is 110 cm³/mol. The van der Waals surface area contributed by atoms with Crippen molar-refractivity contribution < 1.29 is 24.1 Å². The highest BCUT2D eigenvalue weighted by molar-refractivity contribution is 5.99. The number of rotatable bonds is 7. The molecule has 2 heterocycles. The van der Waals surface area contributed by atoms with Crippen LogP contribution in [0.25, 0.3) is 0 Å². The molecule has 1 aromatic carbocycles. The molecular weight excluding hydrogens is 410 g/mol. The van der Waals surface area contributed by atoms with Gasteiger partial charge in [-0.25, -0.2) is 4.98 Å². The first-order valence-electron chi connectivity index (χ1n) is 9.49. The summed E-state index contributed by atoms with van der Waals surface area (Å²) >= 11 is 0. The SMILES string of the molecule is CCOc1cc([N+](=O)[O-])c(C(=O)N2CCN(c3ccc([N+](=O)[O-])cn3)CC2)cc1OC. The summed E-state index contributed by atoms with van der Waals surface area (Å²) in [6.07, 6.45) is 1.18. The van der Waals surface area contributed by atoms with Crippen molar-refractivity contribution >= 4 is 23.1 Å². The number of aromatic nitrogens is 1. The van der Waals surface area contributed by atoms with Gasteiger partial charge in [0.1, 0.15) is 17.6 Å². The molecule has 1 saturated heterocycles. The fourth-order valence-electron chi connectivity index (χ4n) is 3.28. The van der Waals surface area contributed by atoms with Gasteiger partial charge in [-0.05, 0) is 13.0 Å². The number of amides is 1. The molecule has 164 valence electrons. The summed E-state index contributed by atoms with van der Waals surface area (Å²) in [4.78, 5) is 41.7. The van der Waals surface area contributed by atoms with Crippen LogP contribution < -0.4 is 14.4 Å². The molecule has 0 saturated carbocycles. The molecule has 2 aromatic rings. The smallest absolute Gasteiger partial charge is 0.287 e. The number of hydrogen-bond acceptors (Lipinski definition) is 9. The molecular formula is C19H21N5O7. The Kier molecular flexibility index (Phi) is 6.48. The van der Waals surface area contributed by atoms with Crippen LogP contribution in [0.3, 0.4) is 0 Å². The van der Waals surface area contributed by atoms with E-state index in [1.807, 2.05) is 4.90 Å². The largest absolute Gasteiger partial charge is 0.493 e. The molecule has 3 rings (SSSR count). The van der Waals surface area contributed by atoms with Crippen molar-refractivity contribution in [3.63, 3.8) is 0 Å². The summed E-state index contributed by atoms with van der Waals surface area (Å²) in [5.74, 6) is 0.516. The summed E-state index contributed by atoms with van der Waals surface area (Å²) in [7, 11) is 1.40. The lowest BCUT2D eigenvalue weighted by Crippen LogP contribution is -2.49. The summed E-state index contributed by atoms with van der Waals surface area (Å²) in [6.45, 7) is 3.51. The maximum atomic E-state index is 13.0. The number of carbonyl (C=O) groups is 1. The van der Waals surface area contributed by atoms with E-state index in [2.05, 4.69) is 4.98 Å². The maximum Gasteiger partial charge on any atom is 0.287 e. The third-order valence-corrected chi connectivity index (χ3v) is 4.84. The molecule has 1 amide bonds. The second kappa shape index (κ2) is 9.24. The highest BCUT2D eigenvalue weighted by atomic mass is 16.6. The number of ether oxygens (including phenoxy) is 2. The van der Waals surface area contributed by atoms with Crippen molar-refractivity contribution in [3.8, 4) is 11.5 Å². The van der Waals surface area contributed by atoms with Crippen molar-refractivity contribution in [1.82, 2.24) is 9.88 Å². The number of nitro benzene ring substituents is 1. The van der Waals surface area contributed by atoms with E-state index in [1.165, 1.54) is 36.4 Å². The molecule has 0 bridgehead atoms. The highest BCUT2D eigenvalue weighted by Gasteiger charge is 2.30. The average molecular weight is 431 g/mol. The van der Waals surface area contributed by atoms with E-state index in [1.54, 1.807) is 13.0 Å². The van der Waals surface area contributed by atoms with Gasteiger partial charge in [-0.1, -0.05) is 0 Å². The number of hydrogen-bond donors (Lipinski definition) is 0. The molecule has 0 N–H and O–H groups in total. The Morgan fingerprint density at radius 1 is 1.10 bits per heavy atom. The predicted octanol–water partition coefficient (Wildman–Crippen LogP) is 2.27. The third kappa shape index (κ3) is 4.63. The first kappa shape index (κ1) is 21.7. The number of nitro groups is 2. The van der Waals surface area contributed by atoms with Crippen LogP contribution in [-0.2, 0) is 0 Å². The van der Waals surface area contributed by atoms with E-state index < -0.39 is 15.8 Å². The van der Waals surface area contributed by atoms with Crippen LogP contribution in [0.4, 0.5) is 17.2 Å². The molecule has 0 spiro atoms. The Hall–Kier alpha value is -3.96. The standard InChI is InChI=1S/C19H21N5O7/c1-3-31-17-11-15(24(28)29)14(10-16(17)30-2)19(25)22-8-6-21(7-9-22)18-5-4-13(12-20-18)23(26)27/h4-5,10-12H,3,6-9H2,1-2H3. The van der Waals surface area contributed by atoms with Gasteiger partial charge in [0.05, 0.1) is 29.6 Å². The van der Waals surface area contributed by atoms with Gasteiger partial charge in [-0.3, -0.25) is 25.0 Å². The molecule has 1 aliphatic rings. The fraction of sp³-hybridized carbons (Fsp3) is 0.368. The van der Waals surface area contributed by atoms with Gasteiger partial charge in [0.2, 0.25) is 0 Å². The van der Waals surface area contributed by atoms with E-state index in [4.69, 9.17) is 9.47 Å². The first-order valence-corrected chi connectivity index (χ1v) is 9.49. The van der Waals surface area contributed by atoms with Gasteiger partial charge in [0.25, 0.3) is 17.3 Å². The zero-order valence-electron chi connectivity index (χ0n) is 17.0. The molecule has 1 aliphatic heterocycles. The Bertz CT molecular complexity index is 988. The summed E-state index contributed by atoms with van der Waals surface area (Å²) in [5.41, 5.74) is -0.532. The van der Waals surface area contributed by atoms with Gasteiger partial charge in [0.15, 0.2) is 11.5 Å². The molecule has 12 nitrogen and oxygen atoms in total. The topological polar surface area (TPSA) is 141 Å². The van der Waals surface area contributed by atoms with Crippen LogP contribution in [0.5, 0.6) is 11.5 Å². The number of piperazine rings is 1. The van der Waals surface area contributed by atoms with Crippen LogP contribution in [-0.4, -0.2) is 65.5 Å².